The van der Waals surface area contributed by atoms with Crippen molar-refractivity contribution in [3.8, 4) is 0 Å². The van der Waals surface area contributed by atoms with Crippen molar-refractivity contribution in [3.05, 3.63) is 36.0 Å². The van der Waals surface area contributed by atoms with E-state index in [2.05, 4.69) is 9.88 Å². The Morgan fingerprint density at radius 1 is 1.45 bits per heavy atom. The molecule has 5 nitrogen and oxygen atoms in total. The average molecular weight is 271 g/mol. The van der Waals surface area contributed by atoms with Crippen molar-refractivity contribution in [1.29, 1.82) is 0 Å². The first-order chi connectivity index (χ1) is 9.69. The number of hydrogen-bond acceptors (Lipinski definition) is 4. The van der Waals surface area contributed by atoms with Gasteiger partial charge in [0.05, 0.1) is 5.52 Å². The molecule has 0 spiro atoms. The lowest BCUT2D eigenvalue weighted by atomic mass is 10.1. The summed E-state index contributed by atoms with van der Waals surface area (Å²) < 4.78 is 0. The van der Waals surface area contributed by atoms with Crippen molar-refractivity contribution in [2.24, 2.45) is 11.7 Å². The highest BCUT2D eigenvalue weighted by Gasteiger charge is 2.24. The molecular weight excluding hydrogens is 254 g/mol. The van der Waals surface area contributed by atoms with Crippen LogP contribution in [0, 0.1) is 5.92 Å². The highest BCUT2D eigenvalue weighted by atomic mass is 16.4. The van der Waals surface area contributed by atoms with Crippen LogP contribution >= 0.6 is 0 Å². The van der Waals surface area contributed by atoms with Crippen molar-refractivity contribution >= 4 is 22.6 Å². The number of carboxylic acids is 1. The highest BCUT2D eigenvalue weighted by molar-refractivity contribution is 5.97. The molecule has 0 radical (unpaired) electrons. The average Bonchev–Trinajstić information content (AvgIpc) is 2.94. The smallest absolute Gasteiger partial charge is 0.354 e. The van der Waals surface area contributed by atoms with E-state index in [0.717, 1.165) is 36.1 Å². The van der Waals surface area contributed by atoms with E-state index < -0.39 is 5.97 Å². The number of carboxylic acid groups (broad SMARTS) is 1. The van der Waals surface area contributed by atoms with Crippen LogP contribution in [0.4, 0.5) is 5.69 Å². The summed E-state index contributed by atoms with van der Waals surface area (Å²) in [4.78, 5) is 17.6. The molecule has 104 valence electrons. The van der Waals surface area contributed by atoms with E-state index in [1.165, 1.54) is 0 Å². The molecule has 0 amide bonds. The number of benzene rings is 1. The third-order valence-corrected chi connectivity index (χ3v) is 3.87. The second-order valence-corrected chi connectivity index (χ2v) is 5.19. The fraction of sp³-hybridized carbons (Fsp3) is 0.333. The van der Waals surface area contributed by atoms with Gasteiger partial charge in [-0.15, -0.1) is 0 Å². The number of anilines is 1. The molecule has 1 aromatic carbocycles. The predicted octanol–water partition coefficient (Wildman–Crippen LogP) is 1.72. The molecule has 2 aromatic rings. The van der Waals surface area contributed by atoms with E-state index in [4.69, 9.17) is 5.73 Å². The molecule has 1 aliphatic rings. The number of aromatic carboxylic acids is 1. The molecule has 1 fully saturated rings. The van der Waals surface area contributed by atoms with Crippen molar-refractivity contribution in [2.75, 3.05) is 24.5 Å². The molecule has 1 atom stereocenters. The Hall–Kier alpha value is -2.14. The van der Waals surface area contributed by atoms with Gasteiger partial charge in [0.1, 0.15) is 0 Å². The quantitative estimate of drug-likeness (QED) is 0.888. The molecule has 20 heavy (non-hydrogen) atoms. The molecule has 5 heteroatoms. The zero-order valence-corrected chi connectivity index (χ0v) is 11.1. The van der Waals surface area contributed by atoms with Gasteiger partial charge < -0.3 is 15.7 Å². The van der Waals surface area contributed by atoms with E-state index in [-0.39, 0.29) is 5.69 Å². The van der Waals surface area contributed by atoms with Crippen LogP contribution in [0.25, 0.3) is 10.9 Å². The monoisotopic (exact) mass is 271 g/mol. The normalized spacial score (nSPS) is 18.6. The number of pyridine rings is 1. The Kier molecular flexibility index (Phi) is 3.28. The first-order valence-corrected chi connectivity index (χ1v) is 6.77. The summed E-state index contributed by atoms with van der Waals surface area (Å²) in [5.74, 6) is -0.512. The molecule has 1 aromatic heterocycles. The van der Waals surface area contributed by atoms with Crippen LogP contribution < -0.4 is 10.6 Å². The molecule has 0 aliphatic carbocycles. The van der Waals surface area contributed by atoms with Gasteiger partial charge in [-0.05, 0) is 31.0 Å². The number of nitrogens with zero attached hydrogens (tertiary/aromatic N) is 2. The lowest BCUT2D eigenvalue weighted by molar-refractivity contribution is 0.0691. The zero-order valence-electron chi connectivity index (χ0n) is 11.1. The summed E-state index contributed by atoms with van der Waals surface area (Å²) >= 11 is 0. The maximum absolute atomic E-state index is 11.2. The van der Waals surface area contributed by atoms with E-state index in [9.17, 15) is 9.90 Å². The lowest BCUT2D eigenvalue weighted by Crippen LogP contribution is -2.23. The van der Waals surface area contributed by atoms with Gasteiger partial charge in [-0.2, -0.15) is 0 Å². The van der Waals surface area contributed by atoms with Crippen molar-refractivity contribution in [3.63, 3.8) is 0 Å². The molecule has 1 saturated heterocycles. The van der Waals surface area contributed by atoms with Gasteiger partial charge in [-0.1, -0.05) is 18.2 Å². The van der Waals surface area contributed by atoms with E-state index >= 15 is 0 Å². The number of nitrogens with two attached hydrogens (primary N) is 1. The number of carbonyl (C=O) groups is 1. The summed E-state index contributed by atoms with van der Waals surface area (Å²) in [6.07, 6.45) is 1.05. The second kappa shape index (κ2) is 5.09. The molecule has 0 bridgehead atoms. The number of hydrogen-bond donors (Lipinski definition) is 2. The maximum Gasteiger partial charge on any atom is 0.354 e. The summed E-state index contributed by atoms with van der Waals surface area (Å²) in [7, 11) is 0. The van der Waals surface area contributed by atoms with Gasteiger partial charge >= 0.3 is 5.97 Å². The van der Waals surface area contributed by atoms with Crippen LogP contribution in [0.5, 0.6) is 0 Å². The lowest BCUT2D eigenvalue weighted by Gasteiger charge is -2.21. The first-order valence-electron chi connectivity index (χ1n) is 6.77. The van der Waals surface area contributed by atoms with E-state index in [0.29, 0.717) is 12.5 Å². The number of aromatic nitrogens is 1. The van der Waals surface area contributed by atoms with Gasteiger partial charge in [-0.3, -0.25) is 0 Å². The summed E-state index contributed by atoms with van der Waals surface area (Å²) in [5, 5.41) is 10.2. The molecule has 3 N–H and O–H groups in total. The van der Waals surface area contributed by atoms with Gasteiger partial charge in [0, 0.05) is 24.2 Å². The Morgan fingerprint density at radius 3 is 2.95 bits per heavy atom. The van der Waals surface area contributed by atoms with Crippen LogP contribution in [0.3, 0.4) is 0 Å². The predicted molar refractivity (Wildman–Crippen MR) is 78.1 cm³/mol. The minimum absolute atomic E-state index is 0.0925. The van der Waals surface area contributed by atoms with Crippen LogP contribution in [-0.4, -0.2) is 35.7 Å². The van der Waals surface area contributed by atoms with Crippen LogP contribution in [0.1, 0.15) is 16.9 Å². The Morgan fingerprint density at radius 2 is 2.25 bits per heavy atom. The standard InChI is InChI=1S/C15H17N3O2/c16-8-10-5-6-18(9-10)14-7-13(15(19)20)17-12-4-2-1-3-11(12)14/h1-4,7,10H,5-6,8-9,16H2,(H,19,20). The summed E-state index contributed by atoms with van der Waals surface area (Å²) in [6, 6.07) is 9.33. The van der Waals surface area contributed by atoms with Gasteiger partial charge in [0.2, 0.25) is 0 Å². The van der Waals surface area contributed by atoms with E-state index in [1.54, 1.807) is 6.07 Å². The summed E-state index contributed by atoms with van der Waals surface area (Å²) in [5.41, 5.74) is 7.49. The first kappa shape index (κ1) is 12.9. The molecular formula is C15H17N3O2. The topological polar surface area (TPSA) is 79.5 Å². The minimum Gasteiger partial charge on any atom is -0.477 e. The second-order valence-electron chi connectivity index (χ2n) is 5.19. The van der Waals surface area contributed by atoms with Gasteiger partial charge in [-0.25, -0.2) is 9.78 Å². The Balaban J connectivity index is 2.10. The number of rotatable bonds is 3. The van der Waals surface area contributed by atoms with Gasteiger partial charge in [0.15, 0.2) is 5.69 Å². The Labute approximate surface area is 117 Å². The molecule has 0 saturated carbocycles. The molecule has 1 unspecified atom stereocenters. The maximum atomic E-state index is 11.2. The summed E-state index contributed by atoms with van der Waals surface area (Å²) in [6.45, 7) is 2.46. The largest absolute Gasteiger partial charge is 0.477 e. The van der Waals surface area contributed by atoms with Crippen molar-refractivity contribution in [2.45, 2.75) is 6.42 Å². The highest BCUT2D eigenvalue weighted by Crippen LogP contribution is 2.30. The SMILES string of the molecule is NCC1CCN(c2cc(C(=O)O)nc3ccccc23)C1. The van der Waals surface area contributed by atoms with Crippen molar-refractivity contribution in [1.82, 2.24) is 4.98 Å². The van der Waals surface area contributed by atoms with E-state index in [1.807, 2.05) is 24.3 Å². The molecule has 3 rings (SSSR count). The minimum atomic E-state index is -0.994. The van der Waals surface area contributed by atoms with Crippen LogP contribution in [-0.2, 0) is 0 Å². The van der Waals surface area contributed by atoms with Crippen molar-refractivity contribution < 1.29 is 9.90 Å². The zero-order chi connectivity index (χ0) is 14.1. The Bertz CT molecular complexity index is 657. The number of para-hydroxylation sites is 1. The van der Waals surface area contributed by atoms with Crippen LogP contribution in [0.15, 0.2) is 30.3 Å². The third-order valence-electron chi connectivity index (χ3n) is 3.87. The molecule has 2 heterocycles. The fourth-order valence-corrected chi connectivity index (χ4v) is 2.77. The third kappa shape index (κ3) is 2.20. The van der Waals surface area contributed by atoms with Crippen LogP contribution in [0.2, 0.25) is 0 Å². The van der Waals surface area contributed by atoms with Gasteiger partial charge in [0.25, 0.3) is 0 Å². The number of fused-ring (bicyclic) bond motifs is 1. The fourth-order valence-electron chi connectivity index (χ4n) is 2.77. The molecule has 1 aliphatic heterocycles.